The van der Waals surface area contributed by atoms with Crippen molar-refractivity contribution >= 4 is 23.3 Å². The molecule has 3 N–H and O–H groups in total. The third kappa shape index (κ3) is 2.89. The third-order valence-corrected chi connectivity index (χ3v) is 6.44. The normalized spacial score (nSPS) is 18.8. The van der Waals surface area contributed by atoms with Crippen molar-refractivity contribution in [1.29, 1.82) is 0 Å². The van der Waals surface area contributed by atoms with Crippen LogP contribution in [0.3, 0.4) is 0 Å². The van der Waals surface area contributed by atoms with Crippen LogP contribution in [0, 0.1) is 18.2 Å². The first-order chi connectivity index (χ1) is 14.5. The van der Waals surface area contributed by atoms with Gasteiger partial charge in [-0.05, 0) is 53.6 Å². The molecule has 3 aromatic rings. The summed E-state index contributed by atoms with van der Waals surface area (Å²) >= 11 is 0. The molecule has 0 radical (unpaired) electrons. The lowest BCUT2D eigenvalue weighted by molar-refractivity contribution is -0.0487. The van der Waals surface area contributed by atoms with Gasteiger partial charge in [0.15, 0.2) is 5.82 Å². The summed E-state index contributed by atoms with van der Waals surface area (Å²) in [6.45, 7) is 7.52. The van der Waals surface area contributed by atoms with Gasteiger partial charge in [-0.15, -0.1) is 0 Å². The number of nitrogens with zero attached hydrogens (tertiary/aromatic N) is 3. The number of pyridine rings is 1. The Morgan fingerprint density at radius 3 is 2.52 bits per heavy atom. The van der Waals surface area contributed by atoms with Crippen LogP contribution in [0.4, 0.5) is 15.0 Å². The minimum absolute atomic E-state index is 0.0407. The van der Waals surface area contributed by atoms with Crippen LogP contribution in [0.1, 0.15) is 43.2 Å². The average Bonchev–Trinajstić information content (AvgIpc) is 2.96. The van der Waals surface area contributed by atoms with Crippen LogP contribution in [0.5, 0.6) is 0 Å². The summed E-state index contributed by atoms with van der Waals surface area (Å²) in [5, 5.41) is 9.70. The number of carbonyl (C=O) groups excluding carboxylic acids is 1. The number of imidazole rings is 1. The van der Waals surface area contributed by atoms with Gasteiger partial charge in [-0.25, -0.2) is 14.2 Å². The van der Waals surface area contributed by atoms with Crippen molar-refractivity contribution in [2.75, 3.05) is 12.3 Å². The summed E-state index contributed by atoms with van der Waals surface area (Å²) in [6, 6.07) is 8.34. The number of fused-ring (bicyclic) bond motifs is 1. The monoisotopic (exact) mass is 424 g/mol. The molecule has 2 aromatic heterocycles. The van der Waals surface area contributed by atoms with E-state index in [9.17, 15) is 19.1 Å². The molecule has 3 heterocycles. The summed E-state index contributed by atoms with van der Waals surface area (Å²) in [5.74, 6) is -0.664. The minimum atomic E-state index is -1.24. The number of likely N-dealkylation sites (tertiary alicyclic amines) is 1. The van der Waals surface area contributed by atoms with Gasteiger partial charge in [-0.2, -0.15) is 0 Å². The van der Waals surface area contributed by atoms with Crippen molar-refractivity contribution in [2.24, 2.45) is 5.41 Å². The topological polar surface area (TPSA) is 101 Å². The average molecular weight is 424 g/mol. The molecule has 4 rings (SSSR count). The Morgan fingerprint density at radius 2 is 1.94 bits per heavy atom. The Labute approximate surface area is 179 Å². The first kappa shape index (κ1) is 20.8. The van der Waals surface area contributed by atoms with E-state index in [1.165, 1.54) is 11.0 Å². The summed E-state index contributed by atoms with van der Waals surface area (Å²) in [4.78, 5) is 31.2. The zero-order valence-corrected chi connectivity index (χ0v) is 17.9. The number of anilines is 1. The van der Waals surface area contributed by atoms with Crippen LogP contribution in [0.15, 0.2) is 36.5 Å². The third-order valence-electron chi connectivity index (χ3n) is 6.44. The molecular weight excluding hydrogens is 399 g/mol. The predicted octanol–water partition coefficient (Wildman–Crippen LogP) is 4.38. The van der Waals surface area contributed by atoms with Gasteiger partial charge in [0.25, 0.3) is 0 Å². The van der Waals surface area contributed by atoms with Crippen molar-refractivity contribution in [2.45, 2.75) is 39.7 Å². The Morgan fingerprint density at radius 1 is 1.23 bits per heavy atom. The van der Waals surface area contributed by atoms with Crippen LogP contribution >= 0.6 is 0 Å². The Hall–Kier alpha value is -3.42. The second-order valence-corrected chi connectivity index (χ2v) is 9.03. The van der Waals surface area contributed by atoms with Crippen LogP contribution in [-0.2, 0) is 0 Å². The fourth-order valence-electron chi connectivity index (χ4n) is 4.63. The lowest BCUT2D eigenvalue weighted by atomic mass is 9.63. The maximum Gasteiger partial charge on any atom is 0.408 e. The first-order valence-corrected chi connectivity index (χ1v) is 10.1. The molecule has 1 aliphatic rings. The number of hydrogen-bond donors (Lipinski definition) is 2. The van der Waals surface area contributed by atoms with Crippen molar-refractivity contribution in [3.05, 3.63) is 53.6 Å². The molecule has 8 heteroatoms. The number of aromatic nitrogens is 2. The van der Waals surface area contributed by atoms with Gasteiger partial charge >= 0.3 is 6.09 Å². The lowest BCUT2D eigenvalue weighted by Crippen LogP contribution is -2.72. The molecule has 31 heavy (non-hydrogen) atoms. The molecule has 0 aliphatic carbocycles. The Kier molecular flexibility index (Phi) is 4.57. The van der Waals surface area contributed by atoms with E-state index in [1.54, 1.807) is 41.8 Å². The molecule has 1 atom stereocenters. The molecule has 1 saturated heterocycles. The number of nitrogens with two attached hydrogens (primary N) is 1. The fourth-order valence-corrected chi connectivity index (χ4v) is 4.63. The van der Waals surface area contributed by atoms with E-state index in [4.69, 9.17) is 5.73 Å². The standard InChI is InChI=1S/C23H25FN4O3/c1-13-15(6-5-7-16(13)24)14-8-9-17-26-20(25)18(27(17)12-14)19(29)23(22(2,3)4)10-11-28(23)21(30)31/h5-9,12H,10-11,25H2,1-4H3,(H,30,31). The van der Waals surface area contributed by atoms with E-state index in [-0.39, 0.29) is 29.7 Å². The molecular formula is C23H25FN4O3. The second kappa shape index (κ2) is 6.80. The van der Waals surface area contributed by atoms with Gasteiger partial charge in [0.2, 0.25) is 5.78 Å². The molecule has 0 bridgehead atoms. The van der Waals surface area contributed by atoms with E-state index in [1.807, 2.05) is 20.8 Å². The highest BCUT2D eigenvalue weighted by Crippen LogP contribution is 2.48. The zero-order valence-electron chi connectivity index (χ0n) is 17.9. The number of amides is 1. The van der Waals surface area contributed by atoms with E-state index in [2.05, 4.69) is 4.98 Å². The number of ketones is 1. The van der Waals surface area contributed by atoms with Gasteiger partial charge in [-0.1, -0.05) is 32.9 Å². The smallest absolute Gasteiger partial charge is 0.408 e. The van der Waals surface area contributed by atoms with Gasteiger partial charge < -0.3 is 10.8 Å². The number of nitrogen functional groups attached to an aromatic ring is 1. The van der Waals surface area contributed by atoms with Gasteiger partial charge in [0.05, 0.1) is 0 Å². The molecule has 1 aliphatic heterocycles. The number of rotatable bonds is 3. The first-order valence-electron chi connectivity index (χ1n) is 10.1. The van der Waals surface area contributed by atoms with Crippen LogP contribution in [0.25, 0.3) is 16.8 Å². The quantitative estimate of drug-likeness (QED) is 0.608. The highest BCUT2D eigenvalue weighted by atomic mass is 19.1. The minimum Gasteiger partial charge on any atom is -0.465 e. The molecule has 162 valence electrons. The van der Waals surface area contributed by atoms with E-state index < -0.39 is 17.0 Å². The fraction of sp³-hybridized carbons (Fsp3) is 0.348. The van der Waals surface area contributed by atoms with Crippen LogP contribution in [-0.4, -0.2) is 43.4 Å². The molecule has 1 aromatic carbocycles. The van der Waals surface area contributed by atoms with Gasteiger partial charge in [0, 0.05) is 12.7 Å². The number of carboxylic acid groups (broad SMARTS) is 1. The van der Waals surface area contributed by atoms with Gasteiger partial charge in [0.1, 0.15) is 22.7 Å². The summed E-state index contributed by atoms with van der Waals surface area (Å²) < 4.78 is 15.7. The molecule has 1 unspecified atom stereocenters. The predicted molar refractivity (Wildman–Crippen MR) is 116 cm³/mol. The van der Waals surface area contributed by atoms with E-state index >= 15 is 0 Å². The number of hydrogen-bond acceptors (Lipinski definition) is 4. The highest BCUT2D eigenvalue weighted by Gasteiger charge is 2.61. The second-order valence-electron chi connectivity index (χ2n) is 9.03. The van der Waals surface area contributed by atoms with Crippen molar-refractivity contribution < 1.29 is 19.1 Å². The SMILES string of the molecule is Cc1c(F)cccc1-c1ccc2nc(N)c(C(=O)C3(C(C)(C)C)CCN3C(=O)O)n2c1. The molecule has 1 amide bonds. The maximum atomic E-state index is 14.1. The zero-order chi connectivity index (χ0) is 22.7. The molecule has 0 spiro atoms. The van der Waals surface area contributed by atoms with Crippen molar-refractivity contribution in [3.8, 4) is 11.1 Å². The largest absolute Gasteiger partial charge is 0.465 e. The number of Topliss-reactive ketones (excluding diaryl/α,β-unsaturated/α-hetero) is 1. The summed E-state index contributed by atoms with van der Waals surface area (Å²) in [7, 11) is 0. The van der Waals surface area contributed by atoms with Crippen LogP contribution < -0.4 is 5.73 Å². The van der Waals surface area contributed by atoms with E-state index in [0.29, 0.717) is 28.8 Å². The molecule has 0 saturated carbocycles. The summed E-state index contributed by atoms with van der Waals surface area (Å²) in [6.07, 6.45) is 0.961. The maximum absolute atomic E-state index is 14.1. The number of halogens is 1. The lowest BCUT2D eigenvalue weighted by Gasteiger charge is -2.56. The van der Waals surface area contributed by atoms with Gasteiger partial charge in [-0.3, -0.25) is 14.1 Å². The number of benzene rings is 1. The number of carbonyl (C=O) groups is 2. The summed E-state index contributed by atoms with van der Waals surface area (Å²) in [5.41, 5.74) is 6.74. The Bertz CT molecular complexity index is 1230. The highest BCUT2D eigenvalue weighted by molar-refractivity contribution is 6.08. The molecule has 7 nitrogen and oxygen atoms in total. The van der Waals surface area contributed by atoms with Crippen molar-refractivity contribution in [1.82, 2.24) is 14.3 Å². The van der Waals surface area contributed by atoms with Crippen LogP contribution in [0.2, 0.25) is 0 Å². The van der Waals surface area contributed by atoms with Crippen molar-refractivity contribution in [3.63, 3.8) is 0 Å². The molecule has 1 fully saturated rings. The van der Waals surface area contributed by atoms with E-state index in [0.717, 1.165) is 0 Å². The Balaban J connectivity index is 1.91.